The maximum absolute atomic E-state index is 11.6. The number of rotatable bonds is 4. The van der Waals surface area contributed by atoms with Gasteiger partial charge in [-0.3, -0.25) is 4.79 Å². The molecule has 1 atom stereocenters. The smallest absolute Gasteiger partial charge is 0.328 e. The molecule has 3 N–H and O–H groups in total. The highest BCUT2D eigenvalue weighted by Gasteiger charge is 2.31. The molecule has 0 bridgehead atoms. The van der Waals surface area contributed by atoms with Gasteiger partial charge in [0, 0.05) is 19.0 Å². The average Bonchev–Trinajstić information content (AvgIpc) is 2.13. The normalized spacial score (nSPS) is 23.3. The molecule has 0 radical (unpaired) electrons. The van der Waals surface area contributed by atoms with E-state index >= 15 is 0 Å². The quantitative estimate of drug-likeness (QED) is 0.592. The second-order valence-corrected chi connectivity index (χ2v) is 7.18. The van der Waals surface area contributed by atoms with Crippen LogP contribution in [0.2, 0.25) is 0 Å². The van der Waals surface area contributed by atoms with Gasteiger partial charge in [0.25, 0.3) is 0 Å². The Morgan fingerprint density at radius 2 is 2.06 bits per heavy atom. The zero-order valence-electron chi connectivity index (χ0n) is 10.4. The first-order valence-corrected chi connectivity index (χ1v) is 7.43. The number of nitrogens with one attached hydrogen (secondary N) is 2. The summed E-state index contributed by atoms with van der Waals surface area (Å²) in [5, 5.41) is 14.1. The van der Waals surface area contributed by atoms with Gasteiger partial charge in [0.15, 0.2) is 9.84 Å². The van der Waals surface area contributed by atoms with Gasteiger partial charge >= 0.3 is 5.97 Å². The zero-order valence-corrected chi connectivity index (χ0v) is 11.2. The molecule has 18 heavy (non-hydrogen) atoms. The molecule has 1 heterocycles. The van der Waals surface area contributed by atoms with Gasteiger partial charge in [-0.05, 0) is 13.8 Å². The summed E-state index contributed by atoms with van der Waals surface area (Å²) in [7, 11) is -3.10. The maximum Gasteiger partial charge on any atom is 0.328 e. The van der Waals surface area contributed by atoms with E-state index in [2.05, 4.69) is 10.6 Å². The van der Waals surface area contributed by atoms with Crippen LogP contribution in [0.15, 0.2) is 0 Å². The lowest BCUT2D eigenvalue weighted by atomic mass is 10.1. The fraction of sp³-hybridized carbons (Fsp3) is 0.800. The topological polar surface area (TPSA) is 113 Å². The van der Waals surface area contributed by atoms with Crippen molar-refractivity contribution < 1.29 is 23.1 Å². The minimum absolute atomic E-state index is 0.0457. The van der Waals surface area contributed by atoms with Gasteiger partial charge in [0.05, 0.1) is 11.5 Å². The summed E-state index contributed by atoms with van der Waals surface area (Å²) < 4.78 is 22.7. The Hall–Kier alpha value is -1.15. The molecule has 1 saturated heterocycles. The van der Waals surface area contributed by atoms with Crippen molar-refractivity contribution in [3.8, 4) is 0 Å². The number of aliphatic carboxylic acids is 1. The van der Waals surface area contributed by atoms with E-state index in [1.165, 1.54) is 13.8 Å². The minimum atomic E-state index is -3.10. The lowest BCUT2D eigenvalue weighted by Crippen LogP contribution is -2.53. The predicted molar refractivity (Wildman–Crippen MR) is 64.9 cm³/mol. The van der Waals surface area contributed by atoms with E-state index < -0.39 is 33.3 Å². The molecular formula is C10H18N2O5S. The van der Waals surface area contributed by atoms with Crippen molar-refractivity contribution in [2.75, 3.05) is 18.1 Å². The third kappa shape index (κ3) is 4.26. The van der Waals surface area contributed by atoms with Crippen LogP contribution in [0.1, 0.15) is 20.3 Å². The van der Waals surface area contributed by atoms with Crippen molar-refractivity contribution >= 4 is 21.7 Å². The lowest BCUT2D eigenvalue weighted by Gasteiger charge is -2.26. The molecule has 1 aliphatic heterocycles. The molecule has 1 aliphatic rings. The van der Waals surface area contributed by atoms with E-state index in [0.717, 1.165) is 0 Å². The summed E-state index contributed by atoms with van der Waals surface area (Å²) in [5.74, 6) is -1.63. The van der Waals surface area contributed by atoms with Crippen LogP contribution in [-0.4, -0.2) is 55.0 Å². The molecule has 0 aliphatic carbocycles. The van der Waals surface area contributed by atoms with E-state index in [4.69, 9.17) is 5.11 Å². The van der Waals surface area contributed by atoms with Crippen LogP contribution in [0.25, 0.3) is 0 Å². The Labute approximate surface area is 106 Å². The van der Waals surface area contributed by atoms with Crippen LogP contribution in [-0.2, 0) is 19.4 Å². The van der Waals surface area contributed by atoms with Crippen LogP contribution in [0.5, 0.6) is 0 Å². The first kappa shape index (κ1) is 14.9. The molecule has 8 heteroatoms. The number of amides is 1. The molecule has 0 aromatic carbocycles. The first-order chi connectivity index (χ1) is 8.12. The first-order valence-electron chi connectivity index (χ1n) is 5.60. The van der Waals surface area contributed by atoms with Crippen LogP contribution in [0, 0.1) is 0 Å². The molecule has 7 nitrogen and oxygen atoms in total. The van der Waals surface area contributed by atoms with Crippen LogP contribution < -0.4 is 10.6 Å². The fourth-order valence-corrected chi connectivity index (χ4v) is 3.12. The number of carboxylic acid groups (broad SMARTS) is 1. The lowest BCUT2D eigenvalue weighted by molar-refractivity contribution is -0.146. The van der Waals surface area contributed by atoms with E-state index in [0.29, 0.717) is 6.54 Å². The third-order valence-corrected chi connectivity index (χ3v) is 4.46. The number of carbonyl (C=O) groups is 2. The SMILES string of the molecule is CC(C)(NC(=O)CC1CS(=O)(=O)CCN1)C(=O)O. The van der Waals surface area contributed by atoms with E-state index in [1.807, 2.05) is 0 Å². The average molecular weight is 278 g/mol. The summed E-state index contributed by atoms with van der Waals surface area (Å²) in [6.45, 7) is 3.07. The minimum Gasteiger partial charge on any atom is -0.480 e. The van der Waals surface area contributed by atoms with Gasteiger partial charge in [-0.25, -0.2) is 13.2 Å². The van der Waals surface area contributed by atoms with Gasteiger partial charge in [0.1, 0.15) is 5.54 Å². The summed E-state index contributed by atoms with van der Waals surface area (Å²) >= 11 is 0. The van der Waals surface area contributed by atoms with Gasteiger partial charge in [-0.2, -0.15) is 0 Å². The number of sulfone groups is 1. The van der Waals surface area contributed by atoms with Gasteiger partial charge in [-0.1, -0.05) is 0 Å². The van der Waals surface area contributed by atoms with Crippen molar-refractivity contribution in [3.05, 3.63) is 0 Å². The van der Waals surface area contributed by atoms with Crippen molar-refractivity contribution in [1.29, 1.82) is 0 Å². The summed E-state index contributed by atoms with van der Waals surface area (Å²) in [5.41, 5.74) is -1.36. The Morgan fingerprint density at radius 3 is 2.56 bits per heavy atom. The van der Waals surface area contributed by atoms with Crippen molar-refractivity contribution in [1.82, 2.24) is 10.6 Å². The van der Waals surface area contributed by atoms with E-state index in [1.54, 1.807) is 0 Å². The fourth-order valence-electron chi connectivity index (χ4n) is 1.68. The number of carbonyl (C=O) groups excluding carboxylic acids is 1. The van der Waals surface area contributed by atoms with E-state index in [9.17, 15) is 18.0 Å². The Balaban J connectivity index is 2.53. The molecule has 104 valence electrons. The molecule has 1 amide bonds. The second-order valence-electron chi connectivity index (χ2n) is 4.95. The second kappa shape index (κ2) is 5.23. The van der Waals surface area contributed by atoms with Gasteiger partial charge in [-0.15, -0.1) is 0 Å². The highest BCUT2D eigenvalue weighted by Crippen LogP contribution is 2.07. The van der Waals surface area contributed by atoms with E-state index in [-0.39, 0.29) is 17.9 Å². The highest BCUT2D eigenvalue weighted by atomic mass is 32.2. The Bertz CT molecular complexity index is 443. The number of carboxylic acids is 1. The molecule has 0 spiro atoms. The number of hydrogen-bond donors (Lipinski definition) is 3. The molecule has 1 fully saturated rings. The number of hydrogen-bond acceptors (Lipinski definition) is 5. The molecule has 1 rings (SSSR count). The van der Waals surface area contributed by atoms with Crippen LogP contribution >= 0.6 is 0 Å². The van der Waals surface area contributed by atoms with Gasteiger partial charge in [0.2, 0.25) is 5.91 Å². The zero-order chi connectivity index (χ0) is 14.0. The van der Waals surface area contributed by atoms with Crippen LogP contribution in [0.4, 0.5) is 0 Å². The summed E-state index contributed by atoms with van der Waals surface area (Å²) in [6, 6.07) is -0.451. The monoisotopic (exact) mass is 278 g/mol. The molecular weight excluding hydrogens is 260 g/mol. The van der Waals surface area contributed by atoms with Gasteiger partial charge < -0.3 is 15.7 Å². The molecule has 1 unspecified atom stereocenters. The molecule has 0 aromatic rings. The van der Waals surface area contributed by atoms with Crippen molar-refractivity contribution in [2.24, 2.45) is 0 Å². The Kier molecular flexibility index (Phi) is 4.33. The standard InChI is InChI=1S/C10H18N2O5S/c1-10(2,9(14)15)12-8(13)5-7-6-18(16,17)4-3-11-7/h7,11H,3-6H2,1-2H3,(H,12,13)(H,14,15). The molecule has 0 saturated carbocycles. The summed E-state index contributed by atoms with van der Waals surface area (Å²) in [4.78, 5) is 22.5. The van der Waals surface area contributed by atoms with Crippen LogP contribution in [0.3, 0.4) is 0 Å². The van der Waals surface area contributed by atoms with Crippen molar-refractivity contribution in [3.63, 3.8) is 0 Å². The maximum atomic E-state index is 11.6. The highest BCUT2D eigenvalue weighted by molar-refractivity contribution is 7.91. The van der Waals surface area contributed by atoms with Crippen molar-refractivity contribution in [2.45, 2.75) is 31.8 Å². The predicted octanol–water partition coefficient (Wildman–Crippen LogP) is -1.26. The third-order valence-electron chi connectivity index (χ3n) is 2.72. The molecule has 0 aromatic heterocycles. The summed E-state index contributed by atoms with van der Waals surface area (Å²) in [6.07, 6.45) is -0.0457. The largest absolute Gasteiger partial charge is 0.480 e. The Morgan fingerprint density at radius 1 is 1.44 bits per heavy atom.